The van der Waals surface area contributed by atoms with Gasteiger partial charge in [0.15, 0.2) is 11.6 Å². The monoisotopic (exact) mass is 442 g/mol. The zero-order valence-corrected chi connectivity index (χ0v) is 17.5. The summed E-state index contributed by atoms with van der Waals surface area (Å²) in [6.45, 7) is 2.69. The number of halogens is 2. The smallest absolute Gasteiger partial charge is 0.261 e. The first kappa shape index (κ1) is 21.0. The number of amides is 1. The van der Waals surface area contributed by atoms with E-state index in [0.717, 1.165) is 29.8 Å². The lowest BCUT2D eigenvalue weighted by Crippen LogP contribution is -2.39. The molecule has 0 fully saturated rings. The number of carbonyl (C=O) groups is 1. The number of para-hydroxylation sites is 1. The molecule has 1 unspecified atom stereocenters. The molecule has 0 saturated carbocycles. The van der Waals surface area contributed by atoms with Crippen molar-refractivity contribution in [1.29, 1.82) is 0 Å². The molecule has 1 N–H and O–H groups in total. The molecule has 1 heterocycles. The molecule has 0 spiro atoms. The van der Waals surface area contributed by atoms with Crippen LogP contribution in [0.4, 0.5) is 20.2 Å². The average molecular weight is 442 g/mol. The third-order valence-corrected chi connectivity index (χ3v) is 6.55. The van der Waals surface area contributed by atoms with Gasteiger partial charge in [0.2, 0.25) is 0 Å². The summed E-state index contributed by atoms with van der Waals surface area (Å²) in [6.07, 6.45) is 0.907. The Kier molecular flexibility index (Phi) is 5.49. The molecule has 8 heteroatoms. The van der Waals surface area contributed by atoms with Crippen molar-refractivity contribution in [3.8, 4) is 0 Å². The van der Waals surface area contributed by atoms with Gasteiger partial charge in [0.25, 0.3) is 15.9 Å². The second-order valence-electron chi connectivity index (χ2n) is 7.61. The van der Waals surface area contributed by atoms with Crippen molar-refractivity contribution in [3.05, 3.63) is 89.5 Å². The number of fused-ring (bicyclic) bond motifs is 1. The molecule has 1 aliphatic heterocycles. The van der Waals surface area contributed by atoms with Crippen LogP contribution in [0, 0.1) is 17.6 Å². The number of rotatable bonds is 4. The van der Waals surface area contributed by atoms with E-state index in [4.69, 9.17) is 0 Å². The third-order valence-electron chi connectivity index (χ3n) is 5.18. The second-order valence-corrected chi connectivity index (χ2v) is 9.29. The van der Waals surface area contributed by atoms with Gasteiger partial charge in [0.1, 0.15) is 0 Å². The molecule has 3 aromatic carbocycles. The van der Waals surface area contributed by atoms with Crippen molar-refractivity contribution in [3.63, 3.8) is 0 Å². The fourth-order valence-electron chi connectivity index (χ4n) is 3.68. The molecule has 1 atom stereocenters. The summed E-state index contributed by atoms with van der Waals surface area (Å²) in [5, 5.41) is 0. The van der Waals surface area contributed by atoms with Crippen molar-refractivity contribution in [2.75, 3.05) is 16.2 Å². The first-order chi connectivity index (χ1) is 14.7. The van der Waals surface area contributed by atoms with E-state index in [-0.39, 0.29) is 11.6 Å². The molecular weight excluding hydrogens is 422 g/mol. The van der Waals surface area contributed by atoms with Crippen LogP contribution in [0.25, 0.3) is 0 Å². The largest absolute Gasteiger partial charge is 0.308 e. The Morgan fingerprint density at radius 3 is 2.42 bits per heavy atom. The topological polar surface area (TPSA) is 66.5 Å². The maximum Gasteiger partial charge on any atom is 0.261 e. The summed E-state index contributed by atoms with van der Waals surface area (Å²) in [5.74, 6) is -2.23. The number of hydrogen-bond donors (Lipinski definition) is 1. The van der Waals surface area contributed by atoms with Crippen molar-refractivity contribution in [2.24, 2.45) is 5.92 Å². The van der Waals surface area contributed by atoms with Crippen LogP contribution in [0.3, 0.4) is 0 Å². The SMILES string of the molecule is CC1Cc2ccccc2N(C(=O)c2ccc(NS(=O)(=O)c3ccc(F)c(F)c3)cc2)C1. The quantitative estimate of drug-likeness (QED) is 0.642. The van der Waals surface area contributed by atoms with E-state index in [9.17, 15) is 22.0 Å². The van der Waals surface area contributed by atoms with Crippen LogP contribution in [-0.4, -0.2) is 20.9 Å². The molecule has 0 aliphatic carbocycles. The minimum absolute atomic E-state index is 0.172. The number of nitrogens with one attached hydrogen (secondary N) is 1. The van der Waals surface area contributed by atoms with Crippen LogP contribution >= 0.6 is 0 Å². The first-order valence-electron chi connectivity index (χ1n) is 9.72. The van der Waals surface area contributed by atoms with Gasteiger partial charge in [-0.1, -0.05) is 25.1 Å². The van der Waals surface area contributed by atoms with Crippen LogP contribution in [0.2, 0.25) is 0 Å². The molecule has 5 nitrogen and oxygen atoms in total. The second kappa shape index (κ2) is 8.11. The van der Waals surface area contributed by atoms with Crippen molar-refractivity contribution < 1.29 is 22.0 Å². The molecule has 1 amide bonds. The normalized spacial score (nSPS) is 16.0. The number of nitrogens with zero attached hydrogens (tertiary/aromatic N) is 1. The van der Waals surface area contributed by atoms with Gasteiger partial charge in [-0.3, -0.25) is 9.52 Å². The van der Waals surface area contributed by atoms with Gasteiger partial charge in [-0.05, 0) is 66.4 Å². The fourth-order valence-corrected chi connectivity index (χ4v) is 4.75. The molecule has 0 radical (unpaired) electrons. The van der Waals surface area contributed by atoms with Crippen LogP contribution in [0.1, 0.15) is 22.8 Å². The zero-order chi connectivity index (χ0) is 22.2. The van der Waals surface area contributed by atoms with Crippen LogP contribution in [-0.2, 0) is 16.4 Å². The molecule has 0 aromatic heterocycles. The van der Waals surface area contributed by atoms with Crippen LogP contribution in [0.15, 0.2) is 71.6 Å². The summed E-state index contributed by atoms with van der Waals surface area (Å²) in [5.41, 5.74) is 2.62. The minimum atomic E-state index is -4.11. The lowest BCUT2D eigenvalue weighted by molar-refractivity contribution is 0.0981. The van der Waals surface area contributed by atoms with Gasteiger partial charge in [0.05, 0.1) is 4.90 Å². The first-order valence-corrected chi connectivity index (χ1v) is 11.2. The molecule has 31 heavy (non-hydrogen) atoms. The summed E-state index contributed by atoms with van der Waals surface area (Å²) in [6, 6.07) is 16.1. The molecule has 0 bridgehead atoms. The Morgan fingerprint density at radius 1 is 1.00 bits per heavy atom. The van der Waals surface area contributed by atoms with Gasteiger partial charge in [-0.25, -0.2) is 17.2 Å². The summed E-state index contributed by atoms with van der Waals surface area (Å²) >= 11 is 0. The van der Waals surface area contributed by atoms with E-state index < -0.39 is 26.6 Å². The molecule has 0 saturated heterocycles. The lowest BCUT2D eigenvalue weighted by Gasteiger charge is -2.33. The van der Waals surface area contributed by atoms with Gasteiger partial charge in [-0.15, -0.1) is 0 Å². The summed E-state index contributed by atoms with van der Waals surface area (Å²) in [4.78, 5) is 14.4. The summed E-state index contributed by atoms with van der Waals surface area (Å²) in [7, 11) is -4.11. The number of anilines is 2. The minimum Gasteiger partial charge on any atom is -0.308 e. The Bertz CT molecular complexity index is 1240. The number of sulfonamides is 1. The van der Waals surface area contributed by atoms with Crippen molar-refractivity contribution in [2.45, 2.75) is 18.2 Å². The average Bonchev–Trinajstić information content (AvgIpc) is 2.74. The molecule has 3 aromatic rings. The standard InChI is InChI=1S/C23H20F2N2O3S/c1-15-12-17-4-2-3-5-22(17)27(14-15)23(28)16-6-8-18(9-7-16)26-31(29,30)19-10-11-20(24)21(25)13-19/h2-11,13,15,26H,12,14H2,1H3. The highest BCUT2D eigenvalue weighted by molar-refractivity contribution is 7.92. The van der Waals surface area contributed by atoms with Crippen molar-refractivity contribution in [1.82, 2.24) is 0 Å². The van der Waals surface area contributed by atoms with Crippen molar-refractivity contribution >= 4 is 27.3 Å². The Labute approximate surface area is 179 Å². The van der Waals surface area contributed by atoms with Crippen LogP contribution in [0.5, 0.6) is 0 Å². The van der Waals surface area contributed by atoms with Gasteiger partial charge in [-0.2, -0.15) is 0 Å². The van der Waals surface area contributed by atoms with E-state index in [1.165, 1.54) is 24.3 Å². The highest BCUT2D eigenvalue weighted by atomic mass is 32.2. The number of carbonyl (C=O) groups excluding carboxylic acids is 1. The molecule has 1 aliphatic rings. The Morgan fingerprint density at radius 2 is 1.71 bits per heavy atom. The van der Waals surface area contributed by atoms with Crippen LogP contribution < -0.4 is 9.62 Å². The predicted octanol–water partition coefficient (Wildman–Crippen LogP) is 4.60. The maximum absolute atomic E-state index is 13.4. The van der Waals surface area contributed by atoms with E-state index in [2.05, 4.69) is 11.6 Å². The number of benzene rings is 3. The van der Waals surface area contributed by atoms with E-state index >= 15 is 0 Å². The van der Waals surface area contributed by atoms with Gasteiger partial charge in [0, 0.05) is 23.5 Å². The fraction of sp³-hybridized carbons (Fsp3) is 0.174. The van der Waals surface area contributed by atoms with Gasteiger partial charge < -0.3 is 4.90 Å². The third kappa shape index (κ3) is 4.29. The van der Waals surface area contributed by atoms with Gasteiger partial charge >= 0.3 is 0 Å². The summed E-state index contributed by atoms with van der Waals surface area (Å²) < 4.78 is 53.6. The maximum atomic E-state index is 13.4. The van der Waals surface area contributed by atoms with E-state index in [1.54, 1.807) is 4.90 Å². The molecule has 160 valence electrons. The highest BCUT2D eigenvalue weighted by Crippen LogP contribution is 2.31. The molecule has 4 rings (SSSR count). The van der Waals surface area contributed by atoms with E-state index in [0.29, 0.717) is 24.1 Å². The Hall–Kier alpha value is -3.26. The predicted molar refractivity (Wildman–Crippen MR) is 115 cm³/mol. The Balaban J connectivity index is 1.55. The molecular formula is C23H20F2N2O3S. The zero-order valence-electron chi connectivity index (χ0n) is 16.7. The lowest BCUT2D eigenvalue weighted by atomic mass is 9.93. The number of hydrogen-bond acceptors (Lipinski definition) is 3. The highest BCUT2D eigenvalue weighted by Gasteiger charge is 2.27. The van der Waals surface area contributed by atoms with E-state index in [1.807, 2.05) is 24.3 Å².